The van der Waals surface area contributed by atoms with Crippen LogP contribution in [0.25, 0.3) is 0 Å². The maximum Gasteiger partial charge on any atom is 0.409 e. The van der Waals surface area contributed by atoms with Crippen molar-refractivity contribution >= 4 is 12.0 Å². The topological polar surface area (TPSA) is 78.5 Å². The molecule has 1 aromatic heterocycles. The first-order chi connectivity index (χ1) is 9.11. The molecule has 1 aliphatic heterocycles. The second-order valence-electron chi connectivity index (χ2n) is 4.36. The summed E-state index contributed by atoms with van der Waals surface area (Å²) in [6.07, 6.45) is 1.22. The molecular weight excluding hydrogens is 248 g/mol. The van der Waals surface area contributed by atoms with Crippen LogP contribution >= 0.6 is 0 Å². The Morgan fingerprint density at radius 2 is 1.95 bits per heavy atom. The molecule has 2 heterocycles. The van der Waals surface area contributed by atoms with Crippen molar-refractivity contribution < 1.29 is 14.3 Å². The number of hydrogen-bond acceptors (Lipinski definition) is 4. The van der Waals surface area contributed by atoms with E-state index in [1.54, 1.807) is 23.6 Å². The summed E-state index contributed by atoms with van der Waals surface area (Å²) in [6, 6.07) is 0. The third-order valence-electron chi connectivity index (χ3n) is 3.03. The highest BCUT2D eigenvalue weighted by Gasteiger charge is 2.26. The minimum atomic E-state index is -0.313. The molecule has 2 rings (SSSR count). The van der Waals surface area contributed by atoms with E-state index in [0.717, 1.165) is 0 Å². The van der Waals surface area contributed by atoms with Crippen molar-refractivity contribution in [3.8, 4) is 0 Å². The van der Waals surface area contributed by atoms with Crippen LogP contribution in [0.5, 0.6) is 0 Å². The quantitative estimate of drug-likeness (QED) is 0.851. The first-order valence-electron chi connectivity index (χ1n) is 6.34. The number of carbonyl (C=O) groups excluding carboxylic acids is 2. The van der Waals surface area contributed by atoms with Crippen molar-refractivity contribution in [1.82, 2.24) is 19.8 Å². The molecule has 1 aliphatic rings. The van der Waals surface area contributed by atoms with Gasteiger partial charge >= 0.3 is 6.09 Å². The Balaban J connectivity index is 1.89. The fourth-order valence-electron chi connectivity index (χ4n) is 2.01. The number of rotatable bonds is 2. The van der Waals surface area contributed by atoms with Gasteiger partial charge in [-0.3, -0.25) is 4.79 Å². The normalized spacial score (nSPS) is 15.5. The Morgan fingerprint density at radius 1 is 1.32 bits per heavy atom. The first-order valence-corrected chi connectivity index (χ1v) is 6.34. The molecule has 104 valence electrons. The molecule has 0 unspecified atom stereocenters. The molecule has 0 spiro atoms. The summed E-state index contributed by atoms with van der Waals surface area (Å²) in [5.74, 6) is 0.637. The predicted molar refractivity (Wildman–Crippen MR) is 67.8 cm³/mol. The molecule has 1 fully saturated rings. The van der Waals surface area contributed by atoms with Gasteiger partial charge < -0.3 is 19.5 Å². The van der Waals surface area contributed by atoms with E-state index in [2.05, 4.69) is 9.97 Å². The van der Waals surface area contributed by atoms with Crippen LogP contribution in [0.4, 0.5) is 4.79 Å². The smallest absolute Gasteiger partial charge is 0.409 e. The van der Waals surface area contributed by atoms with Crippen LogP contribution in [0.15, 0.2) is 6.20 Å². The second kappa shape index (κ2) is 5.73. The molecular formula is C12H18N4O3. The van der Waals surface area contributed by atoms with Crippen molar-refractivity contribution in [1.29, 1.82) is 0 Å². The SMILES string of the molecule is CCOC(=O)N1CCN(C(=O)c2cnc(C)[nH]2)CC1. The molecule has 0 bridgehead atoms. The molecule has 0 aliphatic carbocycles. The third kappa shape index (κ3) is 3.04. The monoisotopic (exact) mass is 266 g/mol. The Bertz CT molecular complexity index is 463. The largest absolute Gasteiger partial charge is 0.450 e. The van der Waals surface area contributed by atoms with E-state index in [4.69, 9.17) is 4.74 Å². The molecule has 1 saturated heterocycles. The Morgan fingerprint density at radius 3 is 2.47 bits per heavy atom. The van der Waals surface area contributed by atoms with Crippen LogP contribution in [-0.4, -0.2) is 64.6 Å². The number of H-pyrrole nitrogens is 1. The summed E-state index contributed by atoms with van der Waals surface area (Å²) in [5, 5.41) is 0. The fraction of sp³-hybridized carbons (Fsp3) is 0.583. The van der Waals surface area contributed by atoms with Crippen LogP contribution in [0.2, 0.25) is 0 Å². The molecule has 7 nitrogen and oxygen atoms in total. The number of aromatic amines is 1. The van der Waals surface area contributed by atoms with Crippen molar-refractivity contribution in [3.05, 3.63) is 17.7 Å². The fourth-order valence-corrected chi connectivity index (χ4v) is 2.01. The minimum absolute atomic E-state index is 0.0795. The van der Waals surface area contributed by atoms with Gasteiger partial charge in [0, 0.05) is 26.2 Å². The number of nitrogens with zero attached hydrogens (tertiary/aromatic N) is 3. The summed E-state index contributed by atoms with van der Waals surface area (Å²) in [4.78, 5) is 33.9. The molecule has 7 heteroatoms. The van der Waals surface area contributed by atoms with Gasteiger partial charge in [0.15, 0.2) is 0 Å². The lowest BCUT2D eigenvalue weighted by molar-refractivity contribution is 0.0566. The lowest BCUT2D eigenvalue weighted by Gasteiger charge is -2.33. The van der Waals surface area contributed by atoms with Gasteiger partial charge in [0.1, 0.15) is 11.5 Å². The Kier molecular flexibility index (Phi) is 4.03. The predicted octanol–water partition coefficient (Wildman–Crippen LogP) is 0.632. The molecule has 0 atom stereocenters. The van der Waals surface area contributed by atoms with Gasteiger partial charge in [-0.1, -0.05) is 0 Å². The van der Waals surface area contributed by atoms with Gasteiger partial charge in [0.2, 0.25) is 0 Å². The van der Waals surface area contributed by atoms with E-state index in [-0.39, 0.29) is 12.0 Å². The van der Waals surface area contributed by atoms with Crippen LogP contribution in [-0.2, 0) is 4.74 Å². The van der Waals surface area contributed by atoms with E-state index in [1.807, 2.05) is 0 Å². The van der Waals surface area contributed by atoms with E-state index >= 15 is 0 Å². The number of carbonyl (C=O) groups is 2. The van der Waals surface area contributed by atoms with Crippen LogP contribution in [0, 0.1) is 6.92 Å². The van der Waals surface area contributed by atoms with Gasteiger partial charge in [-0.05, 0) is 13.8 Å². The molecule has 1 N–H and O–H groups in total. The average molecular weight is 266 g/mol. The Hall–Kier alpha value is -2.05. The van der Waals surface area contributed by atoms with Crippen molar-refractivity contribution in [2.45, 2.75) is 13.8 Å². The minimum Gasteiger partial charge on any atom is -0.450 e. The van der Waals surface area contributed by atoms with Gasteiger partial charge in [-0.15, -0.1) is 0 Å². The van der Waals surface area contributed by atoms with Crippen molar-refractivity contribution in [2.75, 3.05) is 32.8 Å². The standard InChI is InChI=1S/C12H18N4O3/c1-3-19-12(18)16-6-4-15(5-7-16)11(17)10-8-13-9(2)14-10/h8H,3-7H2,1-2H3,(H,13,14). The summed E-state index contributed by atoms with van der Waals surface area (Å²) in [7, 11) is 0. The molecule has 1 aromatic rings. The molecule has 0 aromatic carbocycles. The maximum absolute atomic E-state index is 12.1. The maximum atomic E-state index is 12.1. The zero-order valence-corrected chi connectivity index (χ0v) is 11.2. The number of nitrogens with one attached hydrogen (secondary N) is 1. The summed E-state index contributed by atoms with van der Waals surface area (Å²) >= 11 is 0. The van der Waals surface area contributed by atoms with Gasteiger partial charge in [0.25, 0.3) is 5.91 Å². The van der Waals surface area contributed by atoms with Crippen molar-refractivity contribution in [2.24, 2.45) is 0 Å². The molecule has 2 amide bonds. The number of hydrogen-bond donors (Lipinski definition) is 1. The lowest BCUT2D eigenvalue weighted by Crippen LogP contribution is -2.50. The summed E-state index contributed by atoms with van der Waals surface area (Å²) < 4.78 is 4.93. The van der Waals surface area contributed by atoms with Gasteiger partial charge in [-0.2, -0.15) is 0 Å². The number of amides is 2. The first kappa shape index (κ1) is 13.4. The number of aryl methyl sites for hydroxylation is 1. The van der Waals surface area contributed by atoms with Crippen LogP contribution < -0.4 is 0 Å². The number of piperazine rings is 1. The Labute approximate surface area is 111 Å². The zero-order valence-electron chi connectivity index (χ0n) is 11.2. The van der Waals surface area contributed by atoms with Gasteiger partial charge in [-0.25, -0.2) is 9.78 Å². The summed E-state index contributed by atoms with van der Waals surface area (Å²) in [6.45, 7) is 5.96. The average Bonchev–Trinajstić information content (AvgIpc) is 2.85. The molecule has 19 heavy (non-hydrogen) atoms. The van der Waals surface area contributed by atoms with Crippen LogP contribution in [0.1, 0.15) is 23.2 Å². The van der Waals surface area contributed by atoms with Gasteiger partial charge in [0.05, 0.1) is 12.8 Å². The summed E-state index contributed by atoms with van der Waals surface area (Å²) in [5.41, 5.74) is 0.488. The van der Waals surface area contributed by atoms with Crippen molar-refractivity contribution in [3.63, 3.8) is 0 Å². The highest BCUT2D eigenvalue weighted by atomic mass is 16.6. The lowest BCUT2D eigenvalue weighted by atomic mass is 10.3. The highest BCUT2D eigenvalue weighted by Crippen LogP contribution is 2.08. The zero-order chi connectivity index (χ0) is 13.8. The number of aromatic nitrogens is 2. The molecule has 0 saturated carbocycles. The van der Waals surface area contributed by atoms with Crippen LogP contribution in [0.3, 0.4) is 0 Å². The highest BCUT2D eigenvalue weighted by molar-refractivity contribution is 5.92. The third-order valence-corrected chi connectivity index (χ3v) is 3.03. The van der Waals surface area contributed by atoms with E-state index in [9.17, 15) is 9.59 Å². The number of ether oxygens (including phenoxy) is 1. The van der Waals surface area contributed by atoms with E-state index in [1.165, 1.54) is 6.20 Å². The number of imidazole rings is 1. The van der Waals surface area contributed by atoms with E-state index in [0.29, 0.717) is 44.3 Å². The molecule has 0 radical (unpaired) electrons. The van der Waals surface area contributed by atoms with E-state index < -0.39 is 0 Å². The second-order valence-corrected chi connectivity index (χ2v) is 4.36.